The highest BCUT2D eigenvalue weighted by Gasteiger charge is 2.62. The zero-order valence-electron chi connectivity index (χ0n) is 14.7. The number of hydrogen-bond acceptors (Lipinski definition) is 5. The highest BCUT2D eigenvalue weighted by Crippen LogP contribution is 2.54. The standard InChI is InChI=1S/C17H30N2O3S2/c1-12(2)23-8-7-19-10-15-14(9-18-24(20,21)13-3-4-13)16-5-6-17(15,11-19)22-16/h12-16,18H,3-11H2,1-2H3/t14-,15+,16+,17+/m0/s1. The average molecular weight is 375 g/mol. The zero-order valence-corrected chi connectivity index (χ0v) is 16.4. The molecule has 138 valence electrons. The van der Waals surface area contributed by atoms with Gasteiger partial charge < -0.3 is 4.74 Å². The minimum absolute atomic E-state index is 0.0167. The zero-order chi connectivity index (χ0) is 16.9. The van der Waals surface area contributed by atoms with Gasteiger partial charge in [0, 0.05) is 43.8 Å². The summed E-state index contributed by atoms with van der Waals surface area (Å²) in [6.07, 6.45) is 4.18. The van der Waals surface area contributed by atoms with Gasteiger partial charge >= 0.3 is 0 Å². The Morgan fingerprint density at radius 1 is 1.33 bits per heavy atom. The lowest BCUT2D eigenvalue weighted by atomic mass is 9.74. The van der Waals surface area contributed by atoms with E-state index in [1.54, 1.807) is 0 Å². The van der Waals surface area contributed by atoms with E-state index in [-0.39, 0.29) is 17.0 Å². The Morgan fingerprint density at radius 3 is 2.83 bits per heavy atom. The Morgan fingerprint density at radius 2 is 2.12 bits per heavy atom. The van der Waals surface area contributed by atoms with E-state index in [9.17, 15) is 8.42 Å². The highest BCUT2D eigenvalue weighted by molar-refractivity contribution is 7.99. The van der Waals surface area contributed by atoms with E-state index in [2.05, 4.69) is 23.5 Å². The van der Waals surface area contributed by atoms with Crippen molar-refractivity contribution < 1.29 is 13.2 Å². The summed E-state index contributed by atoms with van der Waals surface area (Å²) in [4.78, 5) is 2.55. The van der Waals surface area contributed by atoms with Crippen molar-refractivity contribution in [1.29, 1.82) is 0 Å². The molecule has 0 aromatic carbocycles. The molecule has 3 aliphatic heterocycles. The molecule has 0 radical (unpaired) electrons. The second kappa shape index (κ2) is 6.41. The maximum absolute atomic E-state index is 12.2. The summed E-state index contributed by atoms with van der Waals surface area (Å²) in [5.41, 5.74) is 0.0167. The van der Waals surface area contributed by atoms with Crippen LogP contribution in [0.3, 0.4) is 0 Å². The Hall–Kier alpha value is 0.180. The van der Waals surface area contributed by atoms with E-state index in [0.29, 0.717) is 23.6 Å². The van der Waals surface area contributed by atoms with Gasteiger partial charge in [0.05, 0.1) is 17.0 Å². The molecule has 3 heterocycles. The van der Waals surface area contributed by atoms with Gasteiger partial charge in [0.1, 0.15) is 0 Å². The van der Waals surface area contributed by atoms with Crippen molar-refractivity contribution in [1.82, 2.24) is 9.62 Å². The topological polar surface area (TPSA) is 58.6 Å². The van der Waals surface area contributed by atoms with Crippen LogP contribution >= 0.6 is 11.8 Å². The number of fused-ring (bicyclic) bond motifs is 1. The molecule has 2 bridgehead atoms. The number of sulfonamides is 1. The van der Waals surface area contributed by atoms with E-state index < -0.39 is 10.0 Å². The third kappa shape index (κ3) is 3.27. The minimum Gasteiger partial charge on any atom is -0.370 e. The quantitative estimate of drug-likeness (QED) is 0.701. The van der Waals surface area contributed by atoms with Crippen molar-refractivity contribution in [2.24, 2.45) is 11.8 Å². The Balaban J connectivity index is 1.35. The predicted octanol–water partition coefficient (Wildman–Crippen LogP) is 1.69. The number of rotatable bonds is 8. The first-order valence-electron chi connectivity index (χ1n) is 9.40. The summed E-state index contributed by atoms with van der Waals surface area (Å²) in [6, 6.07) is 0. The van der Waals surface area contributed by atoms with Gasteiger partial charge in [-0.1, -0.05) is 13.8 Å². The van der Waals surface area contributed by atoms with Crippen molar-refractivity contribution in [3.05, 3.63) is 0 Å². The first kappa shape index (κ1) is 17.6. The molecule has 7 heteroatoms. The van der Waals surface area contributed by atoms with Crippen molar-refractivity contribution >= 4 is 21.8 Å². The Labute approximate surface area is 150 Å². The SMILES string of the molecule is CC(C)SCCN1C[C@@H]2[C@H](CNS(=O)(=O)C3CC3)[C@H]3CC[C@]2(C1)O3. The average Bonchev–Trinajstić information content (AvgIpc) is 3.13. The van der Waals surface area contributed by atoms with E-state index in [1.165, 1.54) is 5.75 Å². The number of likely N-dealkylation sites (tertiary alicyclic amines) is 1. The van der Waals surface area contributed by atoms with Crippen molar-refractivity contribution in [2.75, 3.05) is 31.9 Å². The van der Waals surface area contributed by atoms with Gasteiger partial charge in [-0.15, -0.1) is 0 Å². The molecular weight excluding hydrogens is 344 g/mol. The normalized spacial score (nSPS) is 39.0. The smallest absolute Gasteiger partial charge is 0.214 e. The first-order chi connectivity index (χ1) is 11.4. The van der Waals surface area contributed by atoms with Crippen LogP contribution in [0.25, 0.3) is 0 Å². The fraction of sp³-hybridized carbons (Fsp3) is 1.00. The van der Waals surface area contributed by atoms with Crippen LogP contribution in [0.15, 0.2) is 0 Å². The molecular formula is C17H30N2O3S2. The summed E-state index contributed by atoms with van der Waals surface area (Å²) in [7, 11) is -3.08. The van der Waals surface area contributed by atoms with Gasteiger partial charge in [-0.05, 0) is 30.9 Å². The van der Waals surface area contributed by atoms with Crippen LogP contribution in [0.1, 0.15) is 39.5 Å². The lowest BCUT2D eigenvalue weighted by Crippen LogP contribution is -2.42. The number of ether oxygens (including phenoxy) is 1. The molecule has 4 aliphatic rings. The largest absolute Gasteiger partial charge is 0.370 e. The van der Waals surface area contributed by atoms with E-state index in [1.807, 2.05) is 11.8 Å². The third-order valence-corrected chi connectivity index (χ3v) is 9.20. The molecule has 1 aliphatic carbocycles. The molecule has 4 atom stereocenters. The second-order valence-corrected chi connectivity index (χ2v) is 12.0. The van der Waals surface area contributed by atoms with Crippen LogP contribution in [-0.2, 0) is 14.8 Å². The van der Waals surface area contributed by atoms with Crippen LogP contribution in [0.2, 0.25) is 0 Å². The molecule has 1 N–H and O–H groups in total. The minimum atomic E-state index is -3.08. The maximum Gasteiger partial charge on any atom is 0.214 e. The summed E-state index contributed by atoms with van der Waals surface area (Å²) in [5, 5.41) is 0.557. The molecule has 1 spiro atoms. The number of hydrogen-bond donors (Lipinski definition) is 1. The molecule has 0 unspecified atom stereocenters. The van der Waals surface area contributed by atoms with Gasteiger partial charge in [-0.2, -0.15) is 11.8 Å². The number of nitrogens with one attached hydrogen (secondary N) is 1. The van der Waals surface area contributed by atoms with Crippen molar-refractivity contribution in [2.45, 2.75) is 61.7 Å². The van der Waals surface area contributed by atoms with Crippen molar-refractivity contribution in [3.8, 4) is 0 Å². The maximum atomic E-state index is 12.2. The predicted molar refractivity (Wildman–Crippen MR) is 97.8 cm³/mol. The van der Waals surface area contributed by atoms with Crippen LogP contribution in [0.5, 0.6) is 0 Å². The van der Waals surface area contributed by atoms with Gasteiger partial charge in [0.15, 0.2) is 0 Å². The van der Waals surface area contributed by atoms with Crippen LogP contribution in [-0.4, -0.2) is 67.5 Å². The Kier molecular flexibility index (Phi) is 4.70. The summed E-state index contributed by atoms with van der Waals surface area (Å²) >= 11 is 2.01. The highest BCUT2D eigenvalue weighted by atomic mass is 32.2. The molecule has 0 amide bonds. The fourth-order valence-electron chi connectivity index (χ4n) is 4.86. The summed E-state index contributed by atoms with van der Waals surface area (Å²) in [6.45, 7) is 8.30. The summed E-state index contributed by atoms with van der Waals surface area (Å²) < 4.78 is 33.6. The third-order valence-electron chi connectivity index (χ3n) is 6.20. The van der Waals surface area contributed by atoms with Gasteiger partial charge in [-0.25, -0.2) is 13.1 Å². The van der Waals surface area contributed by atoms with Crippen molar-refractivity contribution in [3.63, 3.8) is 0 Å². The second-order valence-electron chi connectivity index (χ2n) is 8.28. The number of nitrogens with zero attached hydrogens (tertiary/aromatic N) is 1. The van der Waals surface area contributed by atoms with Gasteiger partial charge in [0.25, 0.3) is 0 Å². The van der Waals surface area contributed by atoms with E-state index in [4.69, 9.17) is 4.74 Å². The van der Waals surface area contributed by atoms with E-state index in [0.717, 1.165) is 45.3 Å². The van der Waals surface area contributed by atoms with Crippen LogP contribution < -0.4 is 4.72 Å². The first-order valence-corrected chi connectivity index (χ1v) is 12.0. The van der Waals surface area contributed by atoms with Crippen LogP contribution in [0.4, 0.5) is 0 Å². The lowest BCUT2D eigenvalue weighted by molar-refractivity contribution is 0.00333. The molecule has 4 rings (SSSR count). The monoisotopic (exact) mass is 374 g/mol. The molecule has 4 fully saturated rings. The lowest BCUT2D eigenvalue weighted by Gasteiger charge is -2.29. The van der Waals surface area contributed by atoms with Gasteiger partial charge in [-0.3, -0.25) is 4.90 Å². The molecule has 1 saturated carbocycles. The van der Waals surface area contributed by atoms with Crippen LogP contribution in [0, 0.1) is 11.8 Å². The fourth-order valence-corrected chi connectivity index (χ4v) is 7.11. The summed E-state index contributed by atoms with van der Waals surface area (Å²) in [5.74, 6) is 2.03. The van der Waals surface area contributed by atoms with Gasteiger partial charge in [0.2, 0.25) is 10.0 Å². The van der Waals surface area contributed by atoms with E-state index >= 15 is 0 Å². The Bertz CT molecular complexity index is 578. The molecule has 0 aromatic rings. The molecule has 24 heavy (non-hydrogen) atoms. The molecule has 0 aromatic heterocycles. The number of thioether (sulfide) groups is 1. The molecule has 5 nitrogen and oxygen atoms in total. The molecule has 3 saturated heterocycles.